The Hall–Kier alpha value is -1.69. The topological polar surface area (TPSA) is 86.7 Å². The molecular weight excluding hydrogens is 212 g/mol. The minimum absolute atomic E-state index is 0.0451. The molecule has 0 aromatic heterocycles. The van der Waals surface area contributed by atoms with Crippen molar-refractivity contribution in [3.63, 3.8) is 0 Å². The zero-order valence-corrected chi connectivity index (χ0v) is 8.97. The Labute approximate surface area is 92.9 Å². The SMILES string of the molecule is CC(CO)NC(=O)CCN1C(=O)C=CC1=O. The summed E-state index contributed by atoms with van der Waals surface area (Å²) >= 11 is 0. The maximum Gasteiger partial charge on any atom is 0.253 e. The number of carbonyl (C=O) groups excluding carboxylic acids is 3. The number of rotatable bonds is 5. The van der Waals surface area contributed by atoms with Gasteiger partial charge in [-0.05, 0) is 6.92 Å². The molecule has 6 nitrogen and oxygen atoms in total. The van der Waals surface area contributed by atoms with E-state index in [0.717, 1.165) is 4.90 Å². The van der Waals surface area contributed by atoms with E-state index in [2.05, 4.69) is 5.32 Å². The van der Waals surface area contributed by atoms with Gasteiger partial charge in [-0.25, -0.2) is 0 Å². The summed E-state index contributed by atoms with van der Waals surface area (Å²) in [6.45, 7) is 1.58. The van der Waals surface area contributed by atoms with Crippen molar-refractivity contribution in [1.82, 2.24) is 10.2 Å². The second-order valence-corrected chi connectivity index (χ2v) is 3.56. The predicted octanol–water partition coefficient (Wildman–Crippen LogP) is -1.20. The summed E-state index contributed by atoms with van der Waals surface area (Å²) in [6.07, 6.45) is 2.40. The van der Waals surface area contributed by atoms with Gasteiger partial charge in [-0.2, -0.15) is 0 Å². The second kappa shape index (κ2) is 5.41. The first-order valence-electron chi connectivity index (χ1n) is 4.98. The largest absolute Gasteiger partial charge is 0.394 e. The van der Waals surface area contributed by atoms with E-state index in [1.807, 2.05) is 0 Å². The number of nitrogens with one attached hydrogen (secondary N) is 1. The van der Waals surface area contributed by atoms with E-state index >= 15 is 0 Å². The molecule has 2 N–H and O–H groups in total. The maximum absolute atomic E-state index is 11.3. The highest BCUT2D eigenvalue weighted by atomic mass is 16.3. The van der Waals surface area contributed by atoms with Crippen LogP contribution in [0.2, 0.25) is 0 Å². The first kappa shape index (κ1) is 12.4. The Bertz CT molecular complexity index is 320. The molecule has 0 saturated carbocycles. The molecule has 1 heterocycles. The molecule has 1 rings (SSSR count). The number of hydrogen-bond acceptors (Lipinski definition) is 4. The highest BCUT2D eigenvalue weighted by molar-refractivity contribution is 6.13. The first-order chi connectivity index (χ1) is 7.54. The summed E-state index contributed by atoms with van der Waals surface area (Å²) < 4.78 is 0. The van der Waals surface area contributed by atoms with Crippen molar-refractivity contribution >= 4 is 17.7 Å². The lowest BCUT2D eigenvalue weighted by atomic mass is 10.3. The minimum atomic E-state index is -0.395. The van der Waals surface area contributed by atoms with Gasteiger partial charge in [0.15, 0.2) is 0 Å². The number of nitrogens with zero attached hydrogens (tertiary/aromatic N) is 1. The van der Waals surface area contributed by atoms with Crippen LogP contribution in [-0.2, 0) is 14.4 Å². The summed E-state index contributed by atoms with van der Waals surface area (Å²) in [4.78, 5) is 34.5. The van der Waals surface area contributed by atoms with E-state index in [4.69, 9.17) is 5.11 Å². The molecular formula is C10H14N2O4. The molecule has 1 aliphatic rings. The summed E-state index contributed by atoms with van der Waals surface area (Å²) in [5.41, 5.74) is 0. The average molecular weight is 226 g/mol. The molecule has 1 aliphatic heterocycles. The van der Waals surface area contributed by atoms with Gasteiger partial charge in [-0.3, -0.25) is 19.3 Å². The van der Waals surface area contributed by atoms with Gasteiger partial charge in [0.2, 0.25) is 5.91 Å². The quantitative estimate of drug-likeness (QED) is 0.576. The van der Waals surface area contributed by atoms with E-state index in [-0.39, 0.29) is 31.5 Å². The van der Waals surface area contributed by atoms with Gasteiger partial charge in [0.25, 0.3) is 11.8 Å². The lowest BCUT2D eigenvalue weighted by molar-refractivity contribution is -0.137. The van der Waals surface area contributed by atoms with Crippen LogP contribution in [0.3, 0.4) is 0 Å². The van der Waals surface area contributed by atoms with E-state index in [0.29, 0.717) is 0 Å². The standard InChI is InChI=1S/C10H14N2O4/c1-7(6-13)11-8(14)4-5-12-9(15)2-3-10(12)16/h2-3,7,13H,4-6H2,1H3,(H,11,14). The van der Waals surface area contributed by atoms with Crippen LogP contribution in [-0.4, -0.2) is 46.9 Å². The Kier molecular flexibility index (Phi) is 4.19. The smallest absolute Gasteiger partial charge is 0.253 e. The lowest BCUT2D eigenvalue weighted by Gasteiger charge is -2.15. The Morgan fingerprint density at radius 1 is 1.44 bits per heavy atom. The molecule has 0 aliphatic carbocycles. The van der Waals surface area contributed by atoms with E-state index in [9.17, 15) is 14.4 Å². The summed E-state index contributed by atoms with van der Waals surface area (Å²) in [7, 11) is 0. The van der Waals surface area contributed by atoms with Crippen LogP contribution in [0, 0.1) is 0 Å². The van der Waals surface area contributed by atoms with Crippen molar-refractivity contribution in [3.8, 4) is 0 Å². The van der Waals surface area contributed by atoms with Crippen LogP contribution < -0.4 is 5.32 Å². The highest BCUT2D eigenvalue weighted by Crippen LogP contribution is 2.03. The number of imide groups is 1. The van der Waals surface area contributed by atoms with Crippen LogP contribution in [0.1, 0.15) is 13.3 Å². The van der Waals surface area contributed by atoms with Gasteiger partial charge in [0.1, 0.15) is 0 Å². The van der Waals surface area contributed by atoms with E-state index in [1.54, 1.807) is 6.92 Å². The maximum atomic E-state index is 11.3. The number of aliphatic hydroxyl groups is 1. The number of aliphatic hydroxyl groups excluding tert-OH is 1. The molecule has 0 saturated heterocycles. The molecule has 0 aromatic rings. The van der Waals surface area contributed by atoms with Gasteiger partial charge in [0, 0.05) is 31.2 Å². The van der Waals surface area contributed by atoms with Crippen LogP contribution in [0.4, 0.5) is 0 Å². The summed E-state index contributed by atoms with van der Waals surface area (Å²) in [5.74, 6) is -1.09. The molecule has 1 unspecified atom stereocenters. The monoisotopic (exact) mass is 226 g/mol. The van der Waals surface area contributed by atoms with Crippen LogP contribution in [0.25, 0.3) is 0 Å². The normalized spacial score (nSPS) is 16.8. The fraction of sp³-hybridized carbons (Fsp3) is 0.500. The number of carbonyl (C=O) groups is 3. The van der Waals surface area contributed by atoms with Crippen molar-refractivity contribution in [2.45, 2.75) is 19.4 Å². The Balaban J connectivity index is 2.32. The van der Waals surface area contributed by atoms with Crippen molar-refractivity contribution in [1.29, 1.82) is 0 Å². The van der Waals surface area contributed by atoms with Crippen LogP contribution in [0.5, 0.6) is 0 Å². The van der Waals surface area contributed by atoms with Crippen LogP contribution in [0.15, 0.2) is 12.2 Å². The molecule has 16 heavy (non-hydrogen) atoms. The fourth-order valence-corrected chi connectivity index (χ4v) is 1.26. The average Bonchev–Trinajstić information content (AvgIpc) is 2.56. The van der Waals surface area contributed by atoms with Gasteiger partial charge in [0.05, 0.1) is 6.61 Å². The van der Waals surface area contributed by atoms with Crippen molar-refractivity contribution in [2.24, 2.45) is 0 Å². The van der Waals surface area contributed by atoms with Crippen molar-refractivity contribution in [2.75, 3.05) is 13.2 Å². The molecule has 6 heteroatoms. The molecule has 1 atom stereocenters. The zero-order valence-electron chi connectivity index (χ0n) is 8.97. The summed E-state index contributed by atoms with van der Waals surface area (Å²) in [5, 5.41) is 11.2. The number of hydrogen-bond donors (Lipinski definition) is 2. The zero-order chi connectivity index (χ0) is 12.1. The predicted molar refractivity (Wildman–Crippen MR) is 55.2 cm³/mol. The lowest BCUT2D eigenvalue weighted by Crippen LogP contribution is -2.38. The fourth-order valence-electron chi connectivity index (χ4n) is 1.26. The van der Waals surface area contributed by atoms with Crippen molar-refractivity contribution in [3.05, 3.63) is 12.2 Å². The Morgan fingerprint density at radius 2 is 2.00 bits per heavy atom. The molecule has 0 aromatic carbocycles. The Morgan fingerprint density at radius 3 is 2.50 bits per heavy atom. The highest BCUT2D eigenvalue weighted by Gasteiger charge is 2.23. The third kappa shape index (κ3) is 3.16. The van der Waals surface area contributed by atoms with Crippen molar-refractivity contribution < 1.29 is 19.5 Å². The molecule has 0 radical (unpaired) electrons. The molecule has 88 valence electrons. The van der Waals surface area contributed by atoms with Gasteiger partial charge >= 0.3 is 0 Å². The summed E-state index contributed by atoms with van der Waals surface area (Å²) in [6, 6.07) is -0.324. The van der Waals surface area contributed by atoms with Gasteiger partial charge in [-0.1, -0.05) is 0 Å². The molecule has 0 bridgehead atoms. The third-order valence-corrected chi connectivity index (χ3v) is 2.14. The van der Waals surface area contributed by atoms with Crippen LogP contribution >= 0.6 is 0 Å². The molecule has 0 spiro atoms. The first-order valence-corrected chi connectivity index (χ1v) is 4.98. The van der Waals surface area contributed by atoms with Gasteiger partial charge in [-0.15, -0.1) is 0 Å². The van der Waals surface area contributed by atoms with E-state index in [1.165, 1.54) is 12.2 Å². The minimum Gasteiger partial charge on any atom is -0.394 e. The number of amides is 3. The van der Waals surface area contributed by atoms with Gasteiger partial charge < -0.3 is 10.4 Å². The second-order valence-electron chi connectivity index (χ2n) is 3.56. The third-order valence-electron chi connectivity index (χ3n) is 2.14. The molecule has 3 amide bonds. The van der Waals surface area contributed by atoms with E-state index < -0.39 is 11.8 Å². The molecule has 0 fully saturated rings.